The van der Waals surface area contributed by atoms with Crippen molar-refractivity contribution in [1.29, 1.82) is 0 Å². The molecule has 0 aliphatic carbocycles. The molecular weight excluding hydrogens is 350 g/mol. The minimum atomic E-state index is -3.58. The number of piperazine rings is 1. The molecule has 8 heteroatoms. The number of nitrogens with one attached hydrogen (secondary N) is 1. The Morgan fingerprint density at radius 2 is 1.88 bits per heavy atom. The molecule has 0 radical (unpaired) electrons. The molecule has 3 unspecified atom stereocenters. The maximum Gasteiger partial charge on any atom is 0.282 e. The molecule has 2 saturated heterocycles. The SMILES string of the molecule is CC1CN(S(=O)(=O)N2CCNCC2c2ccccc2Cl)CC(C)O1. The fourth-order valence-electron chi connectivity index (χ4n) is 3.44. The fourth-order valence-corrected chi connectivity index (χ4v) is 5.63. The maximum atomic E-state index is 13.3. The summed E-state index contributed by atoms with van der Waals surface area (Å²) in [4.78, 5) is 0. The summed E-state index contributed by atoms with van der Waals surface area (Å²) in [6, 6.07) is 7.14. The van der Waals surface area contributed by atoms with E-state index < -0.39 is 10.2 Å². The standard InChI is InChI=1S/C16H24ClN3O3S/c1-12-10-19(11-13(2)23-12)24(21,22)20-8-7-18-9-16(20)14-5-3-4-6-15(14)17/h3-6,12-13,16,18H,7-11H2,1-2H3. The van der Waals surface area contributed by atoms with Crippen molar-refractivity contribution in [2.75, 3.05) is 32.7 Å². The van der Waals surface area contributed by atoms with Crippen LogP contribution in [0.2, 0.25) is 5.02 Å². The number of rotatable bonds is 3. The van der Waals surface area contributed by atoms with Crippen LogP contribution in [0.5, 0.6) is 0 Å². The molecule has 134 valence electrons. The average molecular weight is 374 g/mol. The van der Waals surface area contributed by atoms with Gasteiger partial charge in [-0.1, -0.05) is 29.8 Å². The lowest BCUT2D eigenvalue weighted by molar-refractivity contribution is -0.0459. The number of benzene rings is 1. The van der Waals surface area contributed by atoms with Crippen molar-refractivity contribution in [2.24, 2.45) is 0 Å². The summed E-state index contributed by atoms with van der Waals surface area (Å²) in [5, 5.41) is 3.87. The van der Waals surface area contributed by atoms with Gasteiger partial charge in [0.1, 0.15) is 0 Å². The third kappa shape index (κ3) is 3.61. The molecule has 1 aromatic rings. The normalized spacial score (nSPS) is 30.4. The molecular formula is C16H24ClN3O3S. The highest BCUT2D eigenvalue weighted by Crippen LogP contribution is 2.32. The van der Waals surface area contributed by atoms with Crippen molar-refractivity contribution in [2.45, 2.75) is 32.1 Å². The smallest absolute Gasteiger partial charge is 0.282 e. The number of morpholine rings is 1. The van der Waals surface area contributed by atoms with Gasteiger partial charge in [-0.05, 0) is 25.5 Å². The molecule has 2 aliphatic rings. The lowest BCUT2D eigenvalue weighted by Gasteiger charge is -2.41. The van der Waals surface area contributed by atoms with E-state index in [-0.39, 0.29) is 18.2 Å². The van der Waals surface area contributed by atoms with Crippen LogP contribution in [0.3, 0.4) is 0 Å². The molecule has 2 fully saturated rings. The number of hydrogen-bond donors (Lipinski definition) is 1. The highest BCUT2D eigenvalue weighted by Gasteiger charge is 2.40. The Balaban J connectivity index is 1.91. The Morgan fingerprint density at radius 1 is 1.21 bits per heavy atom. The van der Waals surface area contributed by atoms with E-state index in [0.29, 0.717) is 37.7 Å². The molecule has 0 amide bonds. The summed E-state index contributed by atoms with van der Waals surface area (Å²) >= 11 is 6.32. The summed E-state index contributed by atoms with van der Waals surface area (Å²) in [5.74, 6) is 0. The summed E-state index contributed by atoms with van der Waals surface area (Å²) in [6.45, 7) is 6.19. The second-order valence-electron chi connectivity index (χ2n) is 6.43. The van der Waals surface area contributed by atoms with Gasteiger partial charge in [0.2, 0.25) is 0 Å². The van der Waals surface area contributed by atoms with Gasteiger partial charge in [0.05, 0.1) is 18.2 Å². The highest BCUT2D eigenvalue weighted by molar-refractivity contribution is 7.86. The predicted molar refractivity (Wildman–Crippen MR) is 94.3 cm³/mol. The number of ether oxygens (including phenoxy) is 1. The van der Waals surface area contributed by atoms with E-state index in [2.05, 4.69) is 5.32 Å². The van der Waals surface area contributed by atoms with Crippen LogP contribution in [0.15, 0.2) is 24.3 Å². The van der Waals surface area contributed by atoms with E-state index in [9.17, 15) is 8.42 Å². The molecule has 1 aromatic carbocycles. The predicted octanol–water partition coefficient (Wildman–Crippen LogP) is 1.64. The van der Waals surface area contributed by atoms with Crippen LogP contribution in [0.4, 0.5) is 0 Å². The first-order chi connectivity index (χ1) is 11.4. The van der Waals surface area contributed by atoms with Gasteiger partial charge < -0.3 is 10.1 Å². The Hall–Kier alpha value is -0.700. The molecule has 0 saturated carbocycles. The van der Waals surface area contributed by atoms with Gasteiger partial charge in [-0.15, -0.1) is 0 Å². The summed E-state index contributed by atoms with van der Waals surface area (Å²) in [6.07, 6.45) is -0.213. The highest BCUT2D eigenvalue weighted by atomic mass is 35.5. The van der Waals surface area contributed by atoms with Crippen LogP contribution >= 0.6 is 11.6 Å². The molecule has 2 aliphatic heterocycles. The molecule has 2 heterocycles. The first kappa shape index (κ1) is 18.1. The summed E-state index contributed by atoms with van der Waals surface area (Å²) in [7, 11) is -3.58. The van der Waals surface area contributed by atoms with E-state index in [4.69, 9.17) is 16.3 Å². The Morgan fingerprint density at radius 3 is 2.54 bits per heavy atom. The third-order valence-corrected chi connectivity index (χ3v) is 6.79. The van der Waals surface area contributed by atoms with E-state index >= 15 is 0 Å². The topological polar surface area (TPSA) is 61.9 Å². The number of hydrogen-bond acceptors (Lipinski definition) is 4. The minimum absolute atomic E-state index is 0.106. The zero-order valence-corrected chi connectivity index (χ0v) is 15.6. The van der Waals surface area contributed by atoms with Crippen molar-refractivity contribution in [3.63, 3.8) is 0 Å². The van der Waals surface area contributed by atoms with Crippen molar-refractivity contribution in [3.05, 3.63) is 34.9 Å². The second-order valence-corrected chi connectivity index (χ2v) is 8.72. The molecule has 1 N–H and O–H groups in total. The zero-order chi connectivity index (χ0) is 17.3. The van der Waals surface area contributed by atoms with Crippen LogP contribution in [-0.2, 0) is 14.9 Å². The first-order valence-electron chi connectivity index (χ1n) is 8.27. The summed E-state index contributed by atoms with van der Waals surface area (Å²) < 4.78 is 35.3. The number of halogens is 1. The van der Waals surface area contributed by atoms with Crippen LogP contribution in [0, 0.1) is 0 Å². The van der Waals surface area contributed by atoms with Crippen molar-refractivity contribution in [1.82, 2.24) is 13.9 Å². The van der Waals surface area contributed by atoms with Crippen LogP contribution in [0.25, 0.3) is 0 Å². The van der Waals surface area contributed by atoms with Gasteiger partial charge in [0, 0.05) is 37.7 Å². The molecule has 0 spiro atoms. The van der Waals surface area contributed by atoms with Gasteiger partial charge in [-0.25, -0.2) is 0 Å². The quantitative estimate of drug-likeness (QED) is 0.875. The van der Waals surface area contributed by atoms with Gasteiger partial charge in [-0.2, -0.15) is 17.0 Å². The Bertz CT molecular complexity index is 675. The van der Waals surface area contributed by atoms with E-state index in [0.717, 1.165) is 5.56 Å². The minimum Gasteiger partial charge on any atom is -0.373 e. The van der Waals surface area contributed by atoms with Crippen LogP contribution < -0.4 is 5.32 Å². The van der Waals surface area contributed by atoms with Gasteiger partial charge >= 0.3 is 0 Å². The molecule has 24 heavy (non-hydrogen) atoms. The number of nitrogens with zero attached hydrogens (tertiary/aromatic N) is 2. The molecule has 3 rings (SSSR count). The first-order valence-corrected chi connectivity index (χ1v) is 10.0. The van der Waals surface area contributed by atoms with Crippen LogP contribution in [-0.4, -0.2) is 62.0 Å². The Kier molecular flexibility index (Phi) is 5.48. The lowest BCUT2D eigenvalue weighted by Crippen LogP contribution is -2.57. The fraction of sp³-hybridized carbons (Fsp3) is 0.625. The Labute approximate surface area is 148 Å². The van der Waals surface area contributed by atoms with E-state index in [1.54, 1.807) is 14.7 Å². The van der Waals surface area contributed by atoms with Crippen molar-refractivity contribution >= 4 is 21.8 Å². The van der Waals surface area contributed by atoms with E-state index in [1.807, 2.05) is 32.0 Å². The largest absolute Gasteiger partial charge is 0.373 e. The van der Waals surface area contributed by atoms with Crippen molar-refractivity contribution < 1.29 is 13.2 Å². The van der Waals surface area contributed by atoms with Crippen molar-refractivity contribution in [3.8, 4) is 0 Å². The summed E-state index contributed by atoms with van der Waals surface area (Å²) in [5.41, 5.74) is 0.837. The lowest BCUT2D eigenvalue weighted by atomic mass is 10.1. The average Bonchev–Trinajstić information content (AvgIpc) is 2.54. The monoisotopic (exact) mass is 373 g/mol. The van der Waals surface area contributed by atoms with Crippen LogP contribution in [0.1, 0.15) is 25.5 Å². The van der Waals surface area contributed by atoms with E-state index in [1.165, 1.54) is 0 Å². The molecule has 3 atom stereocenters. The molecule has 0 bridgehead atoms. The zero-order valence-electron chi connectivity index (χ0n) is 14.0. The second kappa shape index (κ2) is 7.27. The molecule has 6 nitrogen and oxygen atoms in total. The van der Waals surface area contributed by atoms with Gasteiger partial charge in [-0.3, -0.25) is 0 Å². The van der Waals surface area contributed by atoms with Gasteiger partial charge in [0.25, 0.3) is 10.2 Å². The van der Waals surface area contributed by atoms with Gasteiger partial charge in [0.15, 0.2) is 0 Å². The maximum absolute atomic E-state index is 13.3. The third-order valence-electron chi connectivity index (χ3n) is 4.47. The molecule has 0 aromatic heterocycles.